The minimum Gasteiger partial charge on any atom is -0.480 e. The number of carbonyl (C=O) groups is 3. The van der Waals surface area contributed by atoms with Crippen molar-refractivity contribution >= 4 is 73.0 Å². The summed E-state index contributed by atoms with van der Waals surface area (Å²) in [6, 6.07) is 6.09. The molecule has 3 N–H and O–H groups in total. The number of halogens is 2. The monoisotopic (exact) mass is 481 g/mol. The van der Waals surface area contributed by atoms with Gasteiger partial charge >= 0.3 is 5.97 Å². The Labute approximate surface area is 185 Å². The highest BCUT2D eigenvalue weighted by Crippen LogP contribution is 2.40. The molecule has 2 aromatic carbocycles. The van der Waals surface area contributed by atoms with Gasteiger partial charge in [-0.25, -0.2) is 8.42 Å². The van der Waals surface area contributed by atoms with E-state index in [9.17, 15) is 27.9 Å². The predicted molar refractivity (Wildman–Crippen MR) is 115 cm³/mol. The zero-order valence-corrected chi connectivity index (χ0v) is 18.0. The Kier molecular flexibility index (Phi) is 4.76. The normalized spacial score (nSPS) is 13.3. The van der Waals surface area contributed by atoms with E-state index in [-0.39, 0.29) is 37.6 Å². The van der Waals surface area contributed by atoms with Crippen molar-refractivity contribution < 1.29 is 27.9 Å². The Morgan fingerprint density at radius 1 is 1.10 bits per heavy atom. The van der Waals surface area contributed by atoms with E-state index >= 15 is 0 Å². The van der Waals surface area contributed by atoms with Crippen molar-refractivity contribution in [1.29, 1.82) is 0 Å². The SMILES string of the molecule is Cn1c2c(N)c3c(cc(N(CC(=O)O)S(=O)(=O)c4cc(Cl)cc(Cl)c4)cc31)C(=O)C2=O. The summed E-state index contributed by atoms with van der Waals surface area (Å²) in [6.45, 7) is -0.952. The average Bonchev–Trinajstić information content (AvgIpc) is 2.91. The fraction of sp³-hybridized carbons (Fsp3) is 0.105. The first-order chi connectivity index (χ1) is 14.4. The van der Waals surface area contributed by atoms with Crippen molar-refractivity contribution in [2.75, 3.05) is 16.6 Å². The summed E-state index contributed by atoms with van der Waals surface area (Å²) < 4.78 is 28.6. The van der Waals surface area contributed by atoms with Crippen LogP contribution in [-0.2, 0) is 21.9 Å². The number of rotatable bonds is 5. The van der Waals surface area contributed by atoms with Gasteiger partial charge in [0, 0.05) is 28.0 Å². The third kappa shape index (κ3) is 3.14. The van der Waals surface area contributed by atoms with Gasteiger partial charge in [0.2, 0.25) is 5.78 Å². The molecule has 0 saturated heterocycles. The maximum Gasteiger partial charge on any atom is 0.324 e. The number of carbonyl (C=O) groups excluding carboxylic acids is 2. The maximum absolute atomic E-state index is 13.3. The Hall–Kier alpha value is -3.08. The fourth-order valence-electron chi connectivity index (χ4n) is 3.65. The topological polar surface area (TPSA) is 140 Å². The molecule has 1 aromatic heterocycles. The smallest absolute Gasteiger partial charge is 0.324 e. The molecule has 1 aliphatic carbocycles. The van der Waals surface area contributed by atoms with Crippen LogP contribution in [0.4, 0.5) is 11.4 Å². The number of nitrogens with two attached hydrogens (primary N) is 1. The van der Waals surface area contributed by atoms with Crippen LogP contribution in [0.1, 0.15) is 20.8 Å². The second-order valence-corrected chi connectivity index (χ2v) is 9.61. The van der Waals surface area contributed by atoms with Crippen molar-refractivity contribution in [2.45, 2.75) is 4.90 Å². The number of aryl methyl sites for hydroxylation is 1. The van der Waals surface area contributed by atoms with Gasteiger partial charge in [-0.2, -0.15) is 0 Å². The van der Waals surface area contributed by atoms with Gasteiger partial charge in [0.15, 0.2) is 0 Å². The molecule has 0 saturated carbocycles. The van der Waals surface area contributed by atoms with Crippen LogP contribution in [-0.4, -0.2) is 42.2 Å². The number of sulfonamides is 1. The zero-order valence-electron chi connectivity index (χ0n) is 15.7. The average molecular weight is 482 g/mol. The van der Waals surface area contributed by atoms with E-state index in [1.54, 1.807) is 0 Å². The summed E-state index contributed by atoms with van der Waals surface area (Å²) in [7, 11) is -2.96. The lowest BCUT2D eigenvalue weighted by Crippen LogP contribution is -2.36. The molecule has 0 unspecified atom stereocenters. The number of nitrogen functional groups attached to an aromatic ring is 1. The van der Waals surface area contributed by atoms with Gasteiger partial charge in [0.05, 0.1) is 21.8 Å². The molecule has 160 valence electrons. The number of anilines is 2. The third-order valence-corrected chi connectivity index (χ3v) is 7.17. The molecule has 0 amide bonds. The van der Waals surface area contributed by atoms with Gasteiger partial charge in [-0.3, -0.25) is 18.7 Å². The predicted octanol–water partition coefficient (Wildman–Crippen LogP) is 2.73. The molecule has 0 atom stereocenters. The molecular weight excluding hydrogens is 469 g/mol. The lowest BCUT2D eigenvalue weighted by Gasteiger charge is -2.24. The first-order valence-corrected chi connectivity index (χ1v) is 10.8. The Morgan fingerprint density at radius 3 is 2.29 bits per heavy atom. The van der Waals surface area contributed by atoms with Crippen molar-refractivity contribution in [3.8, 4) is 0 Å². The lowest BCUT2D eigenvalue weighted by atomic mass is 9.95. The number of ketones is 2. The van der Waals surface area contributed by atoms with Crippen LogP contribution in [0.5, 0.6) is 0 Å². The van der Waals surface area contributed by atoms with Crippen molar-refractivity contribution in [1.82, 2.24) is 4.57 Å². The van der Waals surface area contributed by atoms with Crippen molar-refractivity contribution in [3.05, 3.63) is 51.6 Å². The van der Waals surface area contributed by atoms with Crippen LogP contribution in [0, 0.1) is 0 Å². The number of carboxylic acids is 1. The third-order valence-electron chi connectivity index (χ3n) is 4.98. The molecule has 4 rings (SSSR count). The number of fused-ring (bicyclic) bond motifs is 1. The minimum absolute atomic E-state index is 0.00100. The molecule has 0 fully saturated rings. The highest BCUT2D eigenvalue weighted by molar-refractivity contribution is 7.92. The molecule has 1 aliphatic rings. The van der Waals surface area contributed by atoms with E-state index in [0.717, 1.165) is 18.2 Å². The van der Waals surface area contributed by atoms with Crippen LogP contribution >= 0.6 is 23.2 Å². The summed E-state index contributed by atoms with van der Waals surface area (Å²) in [5.41, 5.74) is 6.21. The highest BCUT2D eigenvalue weighted by Gasteiger charge is 2.36. The van der Waals surface area contributed by atoms with Gasteiger partial charge in [-0.15, -0.1) is 0 Å². The quantitative estimate of drug-likeness (QED) is 0.533. The number of hydrogen-bond acceptors (Lipinski definition) is 6. The zero-order chi connectivity index (χ0) is 22.8. The molecule has 0 radical (unpaired) electrons. The van der Waals surface area contributed by atoms with Crippen LogP contribution in [0.2, 0.25) is 10.0 Å². The minimum atomic E-state index is -4.46. The summed E-state index contributed by atoms with van der Waals surface area (Å²) in [5.74, 6) is -3.12. The molecule has 9 nitrogen and oxygen atoms in total. The van der Waals surface area contributed by atoms with Crippen molar-refractivity contribution in [3.63, 3.8) is 0 Å². The molecule has 1 heterocycles. The van der Waals surface area contributed by atoms with Gasteiger partial charge in [-0.1, -0.05) is 23.2 Å². The van der Waals surface area contributed by atoms with Gasteiger partial charge in [-0.05, 0) is 30.3 Å². The number of benzene rings is 2. The second-order valence-electron chi connectivity index (χ2n) is 6.88. The summed E-state index contributed by atoms with van der Waals surface area (Å²) >= 11 is 11.8. The van der Waals surface area contributed by atoms with Crippen LogP contribution in [0.3, 0.4) is 0 Å². The van der Waals surface area contributed by atoms with E-state index in [2.05, 4.69) is 0 Å². The molecule has 12 heteroatoms. The Balaban J connectivity index is 2.00. The van der Waals surface area contributed by atoms with E-state index in [4.69, 9.17) is 28.9 Å². The molecule has 31 heavy (non-hydrogen) atoms. The molecular formula is C19H13Cl2N3O6S. The first kappa shape index (κ1) is 21.2. The first-order valence-electron chi connectivity index (χ1n) is 8.65. The molecule has 0 aliphatic heterocycles. The fourth-order valence-corrected chi connectivity index (χ4v) is 5.77. The van der Waals surface area contributed by atoms with Gasteiger partial charge in [0.25, 0.3) is 15.8 Å². The number of Topliss-reactive ketones (excluding diaryl/α,β-unsaturated/α-hetero) is 2. The number of carboxylic acid groups (broad SMARTS) is 1. The molecule has 3 aromatic rings. The number of hydrogen-bond donors (Lipinski definition) is 2. The van der Waals surface area contributed by atoms with E-state index < -0.39 is 34.1 Å². The van der Waals surface area contributed by atoms with Crippen LogP contribution < -0.4 is 10.0 Å². The largest absolute Gasteiger partial charge is 0.480 e. The molecule has 0 spiro atoms. The summed E-state index contributed by atoms with van der Waals surface area (Å²) in [4.78, 5) is 36.2. The van der Waals surface area contributed by atoms with E-state index in [1.165, 1.54) is 23.7 Å². The standard InChI is InChI=1S/C19H13Cl2N3O6S/c1-23-13-6-10(5-12-15(13)16(22)17(23)19(28)18(12)27)24(7-14(25)26)31(29,30)11-3-8(20)2-9(21)4-11/h2-6H,7,22H2,1H3,(H,25,26). The maximum atomic E-state index is 13.3. The summed E-state index contributed by atoms with van der Waals surface area (Å²) in [6.07, 6.45) is 0. The van der Waals surface area contributed by atoms with Crippen LogP contribution in [0.25, 0.3) is 10.9 Å². The lowest BCUT2D eigenvalue weighted by molar-refractivity contribution is -0.135. The van der Waals surface area contributed by atoms with Crippen molar-refractivity contribution in [2.24, 2.45) is 7.05 Å². The van der Waals surface area contributed by atoms with Gasteiger partial charge in [0.1, 0.15) is 12.2 Å². The highest BCUT2D eigenvalue weighted by atomic mass is 35.5. The second kappa shape index (κ2) is 6.98. The van der Waals surface area contributed by atoms with E-state index in [1.807, 2.05) is 0 Å². The van der Waals surface area contributed by atoms with E-state index in [0.29, 0.717) is 15.2 Å². The molecule has 2 bridgehead atoms. The summed E-state index contributed by atoms with van der Waals surface area (Å²) in [5, 5.41) is 9.75. The Morgan fingerprint density at radius 2 is 1.71 bits per heavy atom. The Bertz CT molecular complexity index is 1420. The number of aliphatic carboxylic acids is 1. The number of aromatic nitrogens is 1. The van der Waals surface area contributed by atoms with Gasteiger partial charge < -0.3 is 15.4 Å². The number of nitrogens with zero attached hydrogens (tertiary/aromatic N) is 2. The van der Waals surface area contributed by atoms with Crippen LogP contribution in [0.15, 0.2) is 35.2 Å².